The molecule has 138 valence electrons. The van der Waals surface area contributed by atoms with Crippen LogP contribution in [-0.4, -0.2) is 36.1 Å². The molecule has 0 fully saturated rings. The van der Waals surface area contributed by atoms with Gasteiger partial charge < -0.3 is 4.52 Å². The molecule has 0 saturated carbocycles. The first-order valence-corrected chi connectivity index (χ1v) is 7.89. The molecule has 0 spiro atoms. The van der Waals surface area contributed by atoms with E-state index in [1.165, 1.54) is 6.20 Å². The molecule has 0 N–H and O–H groups in total. The molecule has 0 bridgehead atoms. The Morgan fingerprint density at radius 1 is 1.15 bits per heavy atom. The Morgan fingerprint density at radius 3 is 2.50 bits per heavy atom. The summed E-state index contributed by atoms with van der Waals surface area (Å²) in [6, 6.07) is 0. The molecule has 0 radical (unpaired) electrons. The lowest BCUT2D eigenvalue weighted by Crippen LogP contribution is -2.19. The highest BCUT2D eigenvalue weighted by Gasteiger charge is 2.31. The van der Waals surface area contributed by atoms with E-state index in [-0.39, 0.29) is 11.7 Å². The third-order valence-corrected chi connectivity index (χ3v) is 4.02. The highest BCUT2D eigenvalue weighted by molar-refractivity contribution is 5.46. The first-order valence-electron chi connectivity index (χ1n) is 7.89. The first-order chi connectivity index (χ1) is 12.2. The predicted octanol–water partition coefficient (Wildman–Crippen LogP) is 3.36. The normalized spacial score (nSPS) is 13.2. The van der Waals surface area contributed by atoms with Gasteiger partial charge in [-0.1, -0.05) is 5.16 Å². The molecule has 26 heavy (non-hydrogen) atoms. The molecule has 1 unspecified atom stereocenters. The van der Waals surface area contributed by atoms with Gasteiger partial charge in [0.2, 0.25) is 11.7 Å². The van der Waals surface area contributed by atoms with Gasteiger partial charge in [0, 0.05) is 17.5 Å². The minimum atomic E-state index is -4.34. The molecule has 0 aliphatic heterocycles. The molecular formula is C16H17F3N6O. The monoisotopic (exact) mass is 366 g/mol. The molecule has 3 aromatic rings. The van der Waals surface area contributed by atoms with Gasteiger partial charge >= 0.3 is 6.18 Å². The van der Waals surface area contributed by atoms with Crippen molar-refractivity contribution in [1.29, 1.82) is 0 Å². The van der Waals surface area contributed by atoms with Crippen LogP contribution in [0.1, 0.15) is 41.4 Å². The summed E-state index contributed by atoms with van der Waals surface area (Å²) in [6.45, 7) is 5.72. The van der Waals surface area contributed by atoms with Crippen molar-refractivity contribution in [2.75, 3.05) is 0 Å². The molecule has 3 rings (SSSR count). The van der Waals surface area contributed by atoms with Gasteiger partial charge in [0.25, 0.3) is 0 Å². The first kappa shape index (κ1) is 18.0. The molecule has 3 heterocycles. The van der Waals surface area contributed by atoms with E-state index in [1.807, 2.05) is 6.92 Å². The van der Waals surface area contributed by atoms with Crippen LogP contribution in [0.15, 0.2) is 16.9 Å². The van der Waals surface area contributed by atoms with Crippen LogP contribution in [0.4, 0.5) is 13.2 Å². The van der Waals surface area contributed by atoms with E-state index in [9.17, 15) is 13.2 Å². The summed E-state index contributed by atoms with van der Waals surface area (Å²) >= 11 is 0. The van der Waals surface area contributed by atoms with E-state index in [0.29, 0.717) is 22.6 Å². The molecule has 0 amide bonds. The van der Waals surface area contributed by atoms with Crippen LogP contribution in [0.5, 0.6) is 0 Å². The number of aromatic nitrogens is 6. The fourth-order valence-corrected chi connectivity index (χ4v) is 2.81. The zero-order chi connectivity index (χ0) is 19.1. The average Bonchev–Trinajstić information content (AvgIpc) is 3.12. The Hall–Kier alpha value is -2.78. The van der Waals surface area contributed by atoms with E-state index in [2.05, 4.69) is 25.2 Å². The second kappa shape index (κ2) is 6.50. The van der Waals surface area contributed by atoms with E-state index < -0.39 is 18.6 Å². The van der Waals surface area contributed by atoms with Crippen molar-refractivity contribution in [3.8, 4) is 11.5 Å². The summed E-state index contributed by atoms with van der Waals surface area (Å²) in [7, 11) is 0. The van der Waals surface area contributed by atoms with Crippen molar-refractivity contribution in [2.24, 2.45) is 0 Å². The van der Waals surface area contributed by atoms with Crippen molar-refractivity contribution in [3.05, 3.63) is 40.9 Å². The number of hydrogen-bond donors (Lipinski definition) is 0. The van der Waals surface area contributed by atoms with Gasteiger partial charge in [-0.3, -0.25) is 9.67 Å². The highest BCUT2D eigenvalue weighted by atomic mass is 19.4. The van der Waals surface area contributed by atoms with E-state index >= 15 is 0 Å². The summed E-state index contributed by atoms with van der Waals surface area (Å²) in [6.07, 6.45) is -1.22. The molecule has 0 saturated heterocycles. The largest absolute Gasteiger partial charge is 0.408 e. The Bertz CT molecular complexity index is 913. The van der Waals surface area contributed by atoms with Gasteiger partial charge in [-0.05, 0) is 27.7 Å². The lowest BCUT2D eigenvalue weighted by molar-refractivity contribution is -0.142. The number of halogens is 3. The van der Waals surface area contributed by atoms with Crippen LogP contribution in [0, 0.1) is 20.8 Å². The van der Waals surface area contributed by atoms with Crippen molar-refractivity contribution in [3.63, 3.8) is 0 Å². The minimum Gasteiger partial charge on any atom is -0.338 e. The highest BCUT2D eigenvalue weighted by Crippen LogP contribution is 2.30. The van der Waals surface area contributed by atoms with Crippen LogP contribution in [0.3, 0.4) is 0 Å². The molecule has 3 aromatic heterocycles. The molecule has 0 aromatic carbocycles. The van der Waals surface area contributed by atoms with Crippen molar-refractivity contribution < 1.29 is 17.7 Å². The number of hydrogen-bond acceptors (Lipinski definition) is 6. The van der Waals surface area contributed by atoms with Gasteiger partial charge in [0.15, 0.2) is 0 Å². The van der Waals surface area contributed by atoms with Crippen LogP contribution in [0.25, 0.3) is 11.5 Å². The maximum Gasteiger partial charge on any atom is 0.408 e. The Morgan fingerprint density at radius 2 is 1.88 bits per heavy atom. The number of alkyl halides is 3. The van der Waals surface area contributed by atoms with Crippen molar-refractivity contribution >= 4 is 0 Å². The molecule has 0 aliphatic carbocycles. The van der Waals surface area contributed by atoms with Gasteiger partial charge in [-0.25, -0.2) is 4.98 Å². The van der Waals surface area contributed by atoms with Crippen molar-refractivity contribution in [2.45, 2.75) is 46.3 Å². The molecule has 7 nitrogen and oxygen atoms in total. The Balaban J connectivity index is 1.90. The van der Waals surface area contributed by atoms with Gasteiger partial charge in [0.1, 0.15) is 12.2 Å². The van der Waals surface area contributed by atoms with Crippen molar-refractivity contribution in [1.82, 2.24) is 29.9 Å². The van der Waals surface area contributed by atoms with Crippen LogP contribution >= 0.6 is 0 Å². The summed E-state index contributed by atoms with van der Waals surface area (Å²) in [4.78, 5) is 12.6. The zero-order valence-electron chi connectivity index (χ0n) is 14.7. The smallest absolute Gasteiger partial charge is 0.338 e. The molecular weight excluding hydrogens is 349 g/mol. The summed E-state index contributed by atoms with van der Waals surface area (Å²) < 4.78 is 44.3. The maximum absolute atomic E-state index is 12.7. The standard InChI is InChI=1S/C16H17F3N6O/c1-8-5-21-12(6-20-8)14-22-15(26-24-14)9(2)13-10(3)23-25(11(13)4)7-16(17,18)19/h5-6,9H,7H2,1-4H3. The maximum atomic E-state index is 12.7. The van der Waals surface area contributed by atoms with Crippen LogP contribution in [-0.2, 0) is 6.54 Å². The third-order valence-electron chi connectivity index (χ3n) is 4.02. The van der Waals surface area contributed by atoms with Gasteiger partial charge in [-0.15, -0.1) is 0 Å². The van der Waals surface area contributed by atoms with Gasteiger partial charge in [-0.2, -0.15) is 23.3 Å². The zero-order valence-corrected chi connectivity index (χ0v) is 14.7. The lowest BCUT2D eigenvalue weighted by atomic mass is 9.99. The number of nitrogens with zero attached hydrogens (tertiary/aromatic N) is 6. The fraction of sp³-hybridized carbons (Fsp3) is 0.438. The van der Waals surface area contributed by atoms with Crippen LogP contribution < -0.4 is 0 Å². The lowest BCUT2D eigenvalue weighted by Gasteiger charge is -2.10. The van der Waals surface area contributed by atoms with Gasteiger partial charge in [0.05, 0.1) is 23.5 Å². The summed E-state index contributed by atoms with van der Waals surface area (Å²) in [5.41, 5.74) is 2.77. The second-order valence-corrected chi connectivity index (χ2v) is 6.08. The Labute approximate surface area is 147 Å². The molecule has 1 atom stereocenters. The van der Waals surface area contributed by atoms with E-state index in [0.717, 1.165) is 10.4 Å². The van der Waals surface area contributed by atoms with E-state index in [4.69, 9.17) is 4.52 Å². The quantitative estimate of drug-likeness (QED) is 0.704. The Kier molecular flexibility index (Phi) is 4.51. The molecule has 10 heteroatoms. The van der Waals surface area contributed by atoms with Crippen LogP contribution in [0.2, 0.25) is 0 Å². The minimum absolute atomic E-state index is 0.275. The molecule has 0 aliphatic rings. The average molecular weight is 366 g/mol. The topological polar surface area (TPSA) is 82.5 Å². The SMILES string of the molecule is Cc1cnc(-c2noc(C(C)c3c(C)nn(CC(F)(F)F)c3C)n2)cn1. The number of rotatable bonds is 4. The predicted molar refractivity (Wildman–Crippen MR) is 85.3 cm³/mol. The van der Waals surface area contributed by atoms with E-state index in [1.54, 1.807) is 27.0 Å². The number of aryl methyl sites for hydroxylation is 2. The second-order valence-electron chi connectivity index (χ2n) is 6.08. The fourth-order valence-electron chi connectivity index (χ4n) is 2.81. The third kappa shape index (κ3) is 3.58. The summed E-state index contributed by atoms with van der Waals surface area (Å²) in [5, 5.41) is 7.89. The summed E-state index contributed by atoms with van der Waals surface area (Å²) in [5.74, 6) is 0.147.